The molecule has 0 radical (unpaired) electrons. The van der Waals surface area contributed by atoms with Crippen molar-refractivity contribution in [2.24, 2.45) is 0 Å². The Labute approximate surface area is 124 Å². The predicted molar refractivity (Wildman–Crippen MR) is 79.8 cm³/mol. The van der Waals surface area contributed by atoms with Gasteiger partial charge in [0, 0.05) is 11.8 Å². The molecule has 0 aliphatic heterocycles. The van der Waals surface area contributed by atoms with Gasteiger partial charge in [-0.05, 0) is 43.1 Å². The van der Waals surface area contributed by atoms with E-state index in [9.17, 15) is 4.39 Å². The molecule has 0 amide bonds. The first-order valence-corrected chi connectivity index (χ1v) is 7.37. The van der Waals surface area contributed by atoms with E-state index in [1.165, 1.54) is 6.20 Å². The highest BCUT2D eigenvalue weighted by molar-refractivity contribution is 5.36. The van der Waals surface area contributed by atoms with E-state index in [0.717, 1.165) is 30.7 Å². The average molecular weight is 286 g/mol. The number of hydrogen-bond donors (Lipinski definition) is 1. The van der Waals surface area contributed by atoms with Crippen LogP contribution >= 0.6 is 0 Å². The normalized spacial score (nSPS) is 15.7. The molecule has 1 N–H and O–H groups in total. The van der Waals surface area contributed by atoms with Gasteiger partial charge in [-0.3, -0.25) is 4.98 Å². The summed E-state index contributed by atoms with van der Waals surface area (Å²) in [5, 5.41) is 3.33. The van der Waals surface area contributed by atoms with Gasteiger partial charge in [0.1, 0.15) is 11.6 Å². The highest BCUT2D eigenvalue weighted by Crippen LogP contribution is 2.30. The van der Waals surface area contributed by atoms with Crippen molar-refractivity contribution in [3.63, 3.8) is 0 Å². The molecule has 1 unspecified atom stereocenters. The van der Waals surface area contributed by atoms with E-state index in [-0.39, 0.29) is 11.9 Å². The molecule has 1 fully saturated rings. The average Bonchev–Trinajstić information content (AvgIpc) is 3.30. The van der Waals surface area contributed by atoms with Gasteiger partial charge in [-0.15, -0.1) is 0 Å². The standard InChI is InChI=1S/C17H19FN2O/c1-2-20-17(15-8-9-19-11-16(15)18)12-4-3-5-14(10-12)21-13-6-7-13/h3-5,8-11,13,17,20H,2,6-7H2,1H3. The van der Waals surface area contributed by atoms with Gasteiger partial charge in [0.2, 0.25) is 0 Å². The molecule has 1 aliphatic rings. The largest absolute Gasteiger partial charge is 0.490 e. The fraction of sp³-hybridized carbons (Fsp3) is 0.353. The first-order chi connectivity index (χ1) is 10.3. The van der Waals surface area contributed by atoms with E-state index < -0.39 is 0 Å². The van der Waals surface area contributed by atoms with E-state index in [1.807, 2.05) is 31.2 Å². The highest BCUT2D eigenvalue weighted by atomic mass is 19.1. The first-order valence-electron chi connectivity index (χ1n) is 7.37. The minimum absolute atomic E-state index is 0.194. The Morgan fingerprint density at radius 3 is 2.95 bits per heavy atom. The number of hydrogen-bond acceptors (Lipinski definition) is 3. The Hall–Kier alpha value is -1.94. The molecule has 1 aromatic heterocycles. The lowest BCUT2D eigenvalue weighted by Crippen LogP contribution is -2.23. The van der Waals surface area contributed by atoms with Gasteiger partial charge in [0.05, 0.1) is 18.3 Å². The number of rotatable bonds is 6. The number of benzene rings is 1. The van der Waals surface area contributed by atoms with E-state index in [4.69, 9.17) is 4.74 Å². The maximum Gasteiger partial charge on any atom is 0.146 e. The molecule has 1 heterocycles. The molecule has 0 saturated heterocycles. The molecule has 3 nitrogen and oxygen atoms in total. The molecular weight excluding hydrogens is 267 g/mol. The van der Waals surface area contributed by atoms with Crippen molar-refractivity contribution in [2.45, 2.75) is 31.9 Å². The summed E-state index contributed by atoms with van der Waals surface area (Å²) in [5.74, 6) is 0.560. The summed E-state index contributed by atoms with van der Waals surface area (Å²) < 4.78 is 19.9. The van der Waals surface area contributed by atoms with Crippen LogP contribution in [-0.2, 0) is 0 Å². The quantitative estimate of drug-likeness (QED) is 0.883. The highest BCUT2D eigenvalue weighted by Gasteiger charge is 2.24. The molecule has 3 rings (SSSR count). The van der Waals surface area contributed by atoms with Crippen LogP contribution in [0.3, 0.4) is 0 Å². The predicted octanol–water partition coefficient (Wildman–Crippen LogP) is 3.46. The smallest absolute Gasteiger partial charge is 0.146 e. The van der Waals surface area contributed by atoms with Crippen molar-refractivity contribution in [1.82, 2.24) is 10.3 Å². The van der Waals surface area contributed by atoms with Gasteiger partial charge in [-0.2, -0.15) is 0 Å². The lowest BCUT2D eigenvalue weighted by molar-refractivity contribution is 0.302. The minimum atomic E-state index is -0.294. The molecule has 4 heteroatoms. The molecule has 1 saturated carbocycles. The molecule has 0 spiro atoms. The lowest BCUT2D eigenvalue weighted by atomic mass is 9.99. The molecule has 110 valence electrons. The number of nitrogens with zero attached hydrogens (tertiary/aromatic N) is 1. The van der Waals surface area contributed by atoms with Crippen LogP contribution < -0.4 is 10.1 Å². The second-order valence-electron chi connectivity index (χ2n) is 5.28. The summed E-state index contributed by atoms with van der Waals surface area (Å²) >= 11 is 0. The van der Waals surface area contributed by atoms with Gasteiger partial charge < -0.3 is 10.1 Å². The van der Waals surface area contributed by atoms with E-state index in [1.54, 1.807) is 12.3 Å². The van der Waals surface area contributed by atoms with Crippen LogP contribution in [0.2, 0.25) is 0 Å². The van der Waals surface area contributed by atoms with Crippen LogP contribution in [0.4, 0.5) is 4.39 Å². The van der Waals surface area contributed by atoms with Crippen LogP contribution in [0.15, 0.2) is 42.7 Å². The third-order valence-electron chi connectivity index (χ3n) is 3.54. The van der Waals surface area contributed by atoms with Gasteiger partial charge >= 0.3 is 0 Å². The van der Waals surface area contributed by atoms with E-state index in [2.05, 4.69) is 10.3 Å². The number of halogens is 1. The summed E-state index contributed by atoms with van der Waals surface area (Å²) in [5.41, 5.74) is 1.61. The van der Waals surface area contributed by atoms with Gasteiger partial charge in [-0.25, -0.2) is 4.39 Å². The van der Waals surface area contributed by atoms with Crippen LogP contribution in [0.5, 0.6) is 5.75 Å². The molecule has 1 aromatic carbocycles. The zero-order valence-electron chi connectivity index (χ0n) is 12.1. The second kappa shape index (κ2) is 6.22. The summed E-state index contributed by atoms with van der Waals surface area (Å²) in [6.07, 6.45) is 5.48. The maximum atomic E-state index is 14.0. The molecular formula is C17H19FN2O. The summed E-state index contributed by atoms with van der Waals surface area (Å²) in [6.45, 7) is 2.76. The Kier molecular flexibility index (Phi) is 4.15. The Morgan fingerprint density at radius 1 is 1.38 bits per heavy atom. The molecule has 21 heavy (non-hydrogen) atoms. The van der Waals surface area contributed by atoms with Gasteiger partial charge in [0.15, 0.2) is 0 Å². The van der Waals surface area contributed by atoms with E-state index in [0.29, 0.717) is 11.7 Å². The van der Waals surface area contributed by atoms with Crippen molar-refractivity contribution >= 4 is 0 Å². The number of nitrogens with one attached hydrogen (secondary N) is 1. The zero-order valence-corrected chi connectivity index (χ0v) is 12.1. The molecule has 1 aliphatic carbocycles. The van der Waals surface area contributed by atoms with E-state index >= 15 is 0 Å². The van der Waals surface area contributed by atoms with Gasteiger partial charge in [0.25, 0.3) is 0 Å². The van der Waals surface area contributed by atoms with Gasteiger partial charge in [-0.1, -0.05) is 19.1 Å². The number of ether oxygens (including phenoxy) is 1. The molecule has 2 aromatic rings. The van der Waals surface area contributed by atoms with Crippen molar-refractivity contribution < 1.29 is 9.13 Å². The van der Waals surface area contributed by atoms with Crippen LogP contribution in [-0.4, -0.2) is 17.6 Å². The Balaban J connectivity index is 1.91. The number of pyridine rings is 1. The summed E-state index contributed by atoms with van der Waals surface area (Å²) in [7, 11) is 0. The van der Waals surface area contributed by atoms with Crippen LogP contribution in [0.1, 0.15) is 36.9 Å². The van der Waals surface area contributed by atoms with Crippen molar-refractivity contribution in [3.8, 4) is 5.75 Å². The third-order valence-corrected chi connectivity index (χ3v) is 3.54. The second-order valence-corrected chi connectivity index (χ2v) is 5.28. The first kappa shape index (κ1) is 14.0. The molecule has 1 atom stereocenters. The topological polar surface area (TPSA) is 34.1 Å². The van der Waals surface area contributed by atoms with Crippen LogP contribution in [0, 0.1) is 5.82 Å². The summed E-state index contributed by atoms with van der Waals surface area (Å²) in [6, 6.07) is 9.42. The van der Waals surface area contributed by atoms with Crippen molar-refractivity contribution in [3.05, 3.63) is 59.7 Å². The zero-order chi connectivity index (χ0) is 14.7. The third kappa shape index (κ3) is 3.39. The van der Waals surface area contributed by atoms with Crippen molar-refractivity contribution in [2.75, 3.05) is 6.54 Å². The fourth-order valence-corrected chi connectivity index (χ4v) is 2.38. The van der Waals surface area contributed by atoms with Crippen LogP contribution in [0.25, 0.3) is 0 Å². The minimum Gasteiger partial charge on any atom is -0.490 e. The Morgan fingerprint density at radius 2 is 2.24 bits per heavy atom. The Bertz CT molecular complexity index is 613. The summed E-state index contributed by atoms with van der Waals surface area (Å²) in [4.78, 5) is 3.82. The van der Waals surface area contributed by atoms with Crippen molar-refractivity contribution in [1.29, 1.82) is 0 Å². The maximum absolute atomic E-state index is 14.0. The molecule has 0 bridgehead atoms. The fourth-order valence-electron chi connectivity index (χ4n) is 2.38. The lowest BCUT2D eigenvalue weighted by Gasteiger charge is -2.20. The number of aromatic nitrogens is 1. The monoisotopic (exact) mass is 286 g/mol. The SMILES string of the molecule is CCNC(c1cccc(OC2CC2)c1)c1ccncc1F.